The first kappa shape index (κ1) is 23.9. The number of amides is 3. The highest BCUT2D eigenvalue weighted by atomic mass is 16.6. The Morgan fingerprint density at radius 3 is 2.58 bits per heavy atom. The molecule has 0 saturated carbocycles. The van der Waals surface area contributed by atoms with Crippen molar-refractivity contribution in [3.05, 3.63) is 70.9 Å². The van der Waals surface area contributed by atoms with E-state index in [1.165, 1.54) is 0 Å². The summed E-state index contributed by atoms with van der Waals surface area (Å²) < 4.78 is 5.07. The summed E-state index contributed by atoms with van der Waals surface area (Å²) in [7, 11) is 0. The Morgan fingerprint density at radius 1 is 1.08 bits per heavy atom. The number of H-pyrrole nitrogens is 1. The van der Waals surface area contributed by atoms with Crippen LogP contribution in [-0.4, -0.2) is 65.0 Å². The molecule has 0 spiro atoms. The van der Waals surface area contributed by atoms with E-state index in [1.54, 1.807) is 11.8 Å². The van der Waals surface area contributed by atoms with Crippen LogP contribution >= 0.6 is 0 Å². The topological polar surface area (TPSA) is 94.7 Å². The van der Waals surface area contributed by atoms with Crippen LogP contribution in [0.1, 0.15) is 59.4 Å². The van der Waals surface area contributed by atoms with Gasteiger partial charge in [-0.25, -0.2) is 4.79 Å². The molecule has 8 nitrogen and oxygen atoms in total. The smallest absolute Gasteiger partial charge is 0.409 e. The van der Waals surface area contributed by atoms with Crippen molar-refractivity contribution in [2.45, 2.75) is 45.2 Å². The lowest BCUT2D eigenvalue weighted by atomic mass is 9.95. The normalized spacial score (nSPS) is 17.9. The summed E-state index contributed by atoms with van der Waals surface area (Å²) in [5.41, 5.74) is 4.80. The van der Waals surface area contributed by atoms with Crippen LogP contribution in [0, 0.1) is 6.92 Å². The SMILES string of the molecule is CCOC(=O)N1CCC(NC(=O)CCN2C(=O)c3ccccc3C2c2c(C)[nH]c3ccccc23)CC1. The second kappa shape index (κ2) is 10.0. The predicted octanol–water partition coefficient (Wildman–Crippen LogP) is 4.15. The number of rotatable bonds is 6. The number of carbonyl (C=O) groups is 3. The van der Waals surface area contributed by atoms with Gasteiger partial charge in [0.15, 0.2) is 0 Å². The summed E-state index contributed by atoms with van der Waals surface area (Å²) in [5, 5.41) is 4.19. The van der Waals surface area contributed by atoms with Crippen LogP contribution in [-0.2, 0) is 9.53 Å². The zero-order valence-corrected chi connectivity index (χ0v) is 20.8. The van der Waals surface area contributed by atoms with E-state index in [1.807, 2.05) is 54.3 Å². The van der Waals surface area contributed by atoms with E-state index in [4.69, 9.17) is 4.74 Å². The lowest BCUT2D eigenvalue weighted by molar-refractivity contribution is -0.122. The minimum Gasteiger partial charge on any atom is -0.450 e. The second-order valence-corrected chi connectivity index (χ2v) is 9.48. The van der Waals surface area contributed by atoms with Gasteiger partial charge >= 0.3 is 6.09 Å². The number of hydrogen-bond donors (Lipinski definition) is 2. The van der Waals surface area contributed by atoms with E-state index >= 15 is 0 Å². The van der Waals surface area contributed by atoms with Crippen LogP contribution in [0.25, 0.3) is 10.9 Å². The standard InChI is InChI=1S/C28H32N4O4/c1-3-36-28(35)31-15-12-19(13-16-31)30-24(33)14-17-32-26(20-8-4-5-9-21(20)27(32)34)25-18(2)29-23-11-7-6-10-22(23)25/h4-11,19,26,29H,3,12-17H2,1-2H3,(H,30,33). The molecule has 2 aliphatic heterocycles. The Labute approximate surface area is 210 Å². The number of benzene rings is 2. The van der Waals surface area contributed by atoms with Gasteiger partial charge in [0.05, 0.1) is 12.6 Å². The maximum atomic E-state index is 13.4. The molecule has 8 heteroatoms. The van der Waals surface area contributed by atoms with E-state index in [0.717, 1.165) is 27.7 Å². The fourth-order valence-corrected chi connectivity index (χ4v) is 5.51. The maximum absolute atomic E-state index is 13.4. The number of piperidine rings is 1. The van der Waals surface area contributed by atoms with Crippen molar-refractivity contribution in [1.29, 1.82) is 0 Å². The summed E-state index contributed by atoms with van der Waals surface area (Å²) in [4.78, 5) is 45.2. The number of aromatic amines is 1. The first-order chi connectivity index (χ1) is 17.5. The number of carbonyl (C=O) groups excluding carboxylic acids is 3. The fraction of sp³-hybridized carbons (Fsp3) is 0.393. The van der Waals surface area contributed by atoms with Crippen molar-refractivity contribution in [3.63, 3.8) is 0 Å². The van der Waals surface area contributed by atoms with Crippen LogP contribution in [0.15, 0.2) is 48.5 Å². The molecule has 1 fully saturated rings. The molecule has 1 saturated heterocycles. The number of ether oxygens (including phenoxy) is 1. The summed E-state index contributed by atoms with van der Waals surface area (Å²) in [6, 6.07) is 15.6. The number of aryl methyl sites for hydroxylation is 1. The van der Waals surface area contributed by atoms with Gasteiger partial charge in [-0.15, -0.1) is 0 Å². The van der Waals surface area contributed by atoms with Crippen LogP contribution in [0.4, 0.5) is 4.79 Å². The van der Waals surface area contributed by atoms with Gasteiger partial charge in [-0.1, -0.05) is 36.4 Å². The first-order valence-corrected chi connectivity index (χ1v) is 12.7. The molecule has 1 aromatic heterocycles. The van der Waals surface area contributed by atoms with E-state index < -0.39 is 0 Å². The number of aromatic nitrogens is 1. The molecule has 0 bridgehead atoms. The molecular formula is C28H32N4O4. The molecule has 2 aromatic carbocycles. The van der Waals surface area contributed by atoms with Crippen molar-refractivity contribution in [2.75, 3.05) is 26.2 Å². The lowest BCUT2D eigenvalue weighted by Gasteiger charge is -2.32. The minimum absolute atomic E-state index is 0.0151. The van der Waals surface area contributed by atoms with E-state index in [0.29, 0.717) is 44.6 Å². The van der Waals surface area contributed by atoms with Gasteiger partial charge in [0.2, 0.25) is 5.91 Å². The molecule has 3 heterocycles. The molecule has 1 unspecified atom stereocenters. The zero-order chi connectivity index (χ0) is 25.2. The number of nitrogens with one attached hydrogen (secondary N) is 2. The van der Waals surface area contributed by atoms with Gasteiger partial charge < -0.3 is 24.8 Å². The summed E-state index contributed by atoms with van der Waals surface area (Å²) in [5.74, 6) is -0.126. The van der Waals surface area contributed by atoms with Gasteiger partial charge in [-0.2, -0.15) is 0 Å². The van der Waals surface area contributed by atoms with Crippen LogP contribution in [0.5, 0.6) is 0 Å². The van der Waals surface area contributed by atoms with Gasteiger partial charge in [0.25, 0.3) is 5.91 Å². The van der Waals surface area contributed by atoms with Gasteiger partial charge in [-0.05, 0) is 44.4 Å². The highest BCUT2D eigenvalue weighted by Crippen LogP contribution is 2.42. The molecule has 5 rings (SSSR count). The van der Waals surface area contributed by atoms with Crippen molar-refractivity contribution in [1.82, 2.24) is 20.1 Å². The van der Waals surface area contributed by atoms with Crippen molar-refractivity contribution in [2.24, 2.45) is 0 Å². The van der Waals surface area contributed by atoms with Crippen LogP contribution in [0.2, 0.25) is 0 Å². The van der Waals surface area contributed by atoms with Crippen molar-refractivity contribution >= 4 is 28.8 Å². The number of fused-ring (bicyclic) bond motifs is 2. The Kier molecular flexibility index (Phi) is 6.67. The maximum Gasteiger partial charge on any atom is 0.409 e. The predicted molar refractivity (Wildman–Crippen MR) is 137 cm³/mol. The highest BCUT2D eigenvalue weighted by Gasteiger charge is 2.39. The highest BCUT2D eigenvalue weighted by molar-refractivity contribution is 6.01. The Morgan fingerprint density at radius 2 is 1.81 bits per heavy atom. The van der Waals surface area contributed by atoms with Crippen LogP contribution in [0.3, 0.4) is 0 Å². The van der Waals surface area contributed by atoms with E-state index in [9.17, 15) is 14.4 Å². The quantitative estimate of drug-likeness (QED) is 0.545. The molecule has 1 atom stereocenters. The third kappa shape index (κ3) is 4.43. The Hall–Kier alpha value is -3.81. The largest absolute Gasteiger partial charge is 0.450 e. The number of hydrogen-bond acceptors (Lipinski definition) is 4. The monoisotopic (exact) mass is 488 g/mol. The number of nitrogens with zero attached hydrogens (tertiary/aromatic N) is 2. The molecule has 3 amide bonds. The summed E-state index contributed by atoms with van der Waals surface area (Å²) in [6.07, 6.45) is 1.30. The number of para-hydroxylation sites is 1. The Bertz CT molecular complexity index is 1290. The average molecular weight is 489 g/mol. The molecule has 188 valence electrons. The fourth-order valence-electron chi connectivity index (χ4n) is 5.51. The van der Waals surface area contributed by atoms with Crippen LogP contribution < -0.4 is 5.32 Å². The van der Waals surface area contributed by atoms with Gasteiger partial charge in [0, 0.05) is 59.8 Å². The van der Waals surface area contributed by atoms with Gasteiger partial charge in [0.1, 0.15) is 0 Å². The van der Waals surface area contributed by atoms with E-state index in [-0.39, 0.29) is 36.4 Å². The first-order valence-electron chi connectivity index (χ1n) is 12.7. The minimum atomic E-state index is -0.298. The van der Waals surface area contributed by atoms with E-state index in [2.05, 4.69) is 16.4 Å². The lowest BCUT2D eigenvalue weighted by Crippen LogP contribution is -2.47. The molecule has 0 aliphatic carbocycles. The average Bonchev–Trinajstić information content (AvgIpc) is 3.35. The molecular weight excluding hydrogens is 456 g/mol. The summed E-state index contributed by atoms with van der Waals surface area (Å²) >= 11 is 0. The second-order valence-electron chi connectivity index (χ2n) is 9.48. The van der Waals surface area contributed by atoms with Crippen molar-refractivity contribution < 1.29 is 19.1 Å². The van der Waals surface area contributed by atoms with Crippen molar-refractivity contribution in [3.8, 4) is 0 Å². The van der Waals surface area contributed by atoms with Gasteiger partial charge in [-0.3, -0.25) is 9.59 Å². The molecule has 2 N–H and O–H groups in total. The summed E-state index contributed by atoms with van der Waals surface area (Å²) in [6.45, 7) is 5.63. The molecule has 2 aliphatic rings. The third-order valence-corrected chi connectivity index (χ3v) is 7.24. The molecule has 3 aromatic rings. The molecule has 0 radical (unpaired) electrons. The number of likely N-dealkylation sites (tertiary alicyclic amines) is 1. The molecule has 36 heavy (non-hydrogen) atoms. The zero-order valence-electron chi connectivity index (χ0n) is 20.8. The Balaban J connectivity index is 1.29. The third-order valence-electron chi connectivity index (χ3n) is 7.24.